The highest BCUT2D eigenvalue weighted by Gasteiger charge is 2.19. The topological polar surface area (TPSA) is 138 Å². The minimum atomic E-state index is -3.89. The Bertz CT molecular complexity index is 1290. The van der Waals surface area contributed by atoms with E-state index in [1.165, 1.54) is 36.4 Å². The van der Waals surface area contributed by atoms with Gasteiger partial charge in [0, 0.05) is 12.6 Å². The number of para-hydroxylation sites is 1. The van der Waals surface area contributed by atoms with Gasteiger partial charge < -0.3 is 4.57 Å². The number of nitrogens with two attached hydrogens (primary N) is 1. The highest BCUT2D eigenvalue weighted by Crippen LogP contribution is 2.22. The van der Waals surface area contributed by atoms with Gasteiger partial charge in [0.25, 0.3) is 11.6 Å². The number of thiazole rings is 1. The van der Waals surface area contributed by atoms with E-state index in [4.69, 9.17) is 5.14 Å². The number of fused-ring (bicyclic) bond motifs is 1. The molecule has 3 rings (SSSR count). The molecule has 2 aromatic carbocycles. The van der Waals surface area contributed by atoms with Gasteiger partial charge in [0.2, 0.25) is 10.0 Å². The van der Waals surface area contributed by atoms with E-state index in [2.05, 4.69) is 11.6 Å². The largest absolute Gasteiger partial charge is 0.312 e. The van der Waals surface area contributed by atoms with Crippen molar-refractivity contribution < 1.29 is 18.1 Å². The number of hydrogen-bond acceptors (Lipinski definition) is 6. The molecule has 1 heterocycles. The smallest absolute Gasteiger partial charge is 0.286 e. The lowest BCUT2D eigenvalue weighted by Crippen LogP contribution is -2.16. The van der Waals surface area contributed by atoms with E-state index in [0.717, 1.165) is 11.3 Å². The van der Waals surface area contributed by atoms with Gasteiger partial charge in [0.1, 0.15) is 5.56 Å². The maximum atomic E-state index is 12.6. The van der Waals surface area contributed by atoms with E-state index < -0.39 is 20.9 Å². The summed E-state index contributed by atoms with van der Waals surface area (Å²) >= 11 is 1.07. The van der Waals surface area contributed by atoms with Gasteiger partial charge in [-0.15, -0.1) is 6.58 Å². The number of carbonyl (C=O) groups excluding carboxylic acids is 1. The third kappa shape index (κ3) is 3.76. The Kier molecular flexibility index (Phi) is 5.23. The highest BCUT2D eigenvalue weighted by molar-refractivity contribution is 7.89. The van der Waals surface area contributed by atoms with Crippen LogP contribution >= 0.6 is 11.3 Å². The fraction of sp³-hybridized carbons (Fsp3) is 0.0588. The third-order valence-corrected chi connectivity index (χ3v) is 5.77. The molecule has 0 radical (unpaired) electrons. The maximum absolute atomic E-state index is 12.6. The molecule has 0 unspecified atom stereocenters. The summed E-state index contributed by atoms with van der Waals surface area (Å²) in [5.74, 6) is -0.775. The van der Waals surface area contributed by atoms with E-state index in [1.54, 1.807) is 16.7 Å². The van der Waals surface area contributed by atoms with Crippen LogP contribution in [0.3, 0.4) is 0 Å². The summed E-state index contributed by atoms with van der Waals surface area (Å²) in [6.45, 7) is 3.97. The Morgan fingerprint density at radius 3 is 2.68 bits per heavy atom. The number of aromatic nitrogens is 1. The van der Waals surface area contributed by atoms with Gasteiger partial charge in [0.15, 0.2) is 4.80 Å². The van der Waals surface area contributed by atoms with Crippen molar-refractivity contribution in [3.05, 3.63) is 75.6 Å². The quantitative estimate of drug-likeness (QED) is 0.384. The molecule has 0 saturated carbocycles. The molecule has 0 aliphatic rings. The van der Waals surface area contributed by atoms with Crippen LogP contribution in [0.1, 0.15) is 10.4 Å². The Hall–Kier alpha value is -3.15. The lowest BCUT2D eigenvalue weighted by Gasteiger charge is -2.02. The first kappa shape index (κ1) is 19.6. The van der Waals surface area contributed by atoms with Gasteiger partial charge >= 0.3 is 0 Å². The second kappa shape index (κ2) is 7.46. The normalized spacial score (nSPS) is 12.2. The average Bonchev–Trinajstić information content (AvgIpc) is 2.97. The van der Waals surface area contributed by atoms with Crippen LogP contribution in [-0.4, -0.2) is 23.8 Å². The van der Waals surface area contributed by atoms with E-state index in [0.29, 0.717) is 16.8 Å². The van der Waals surface area contributed by atoms with Gasteiger partial charge in [0.05, 0.1) is 20.0 Å². The molecular weight excluding hydrogens is 404 g/mol. The summed E-state index contributed by atoms with van der Waals surface area (Å²) in [6.07, 6.45) is 1.59. The van der Waals surface area contributed by atoms with Crippen LogP contribution in [0.4, 0.5) is 5.69 Å². The van der Waals surface area contributed by atoms with Crippen molar-refractivity contribution in [1.82, 2.24) is 4.57 Å². The Morgan fingerprint density at radius 2 is 2.04 bits per heavy atom. The molecule has 0 aliphatic carbocycles. The zero-order chi connectivity index (χ0) is 20.5. The SMILES string of the molecule is C=CCn1c(=NC(=O)c2ccccc2[N+](=O)[O-])sc2cc(S(N)(=O)=O)ccc21. The number of nitrogens with zero attached hydrogens (tertiary/aromatic N) is 3. The summed E-state index contributed by atoms with van der Waals surface area (Å²) in [5, 5.41) is 16.3. The van der Waals surface area contributed by atoms with Crippen molar-refractivity contribution >= 4 is 43.2 Å². The molecule has 0 spiro atoms. The fourth-order valence-corrected chi connectivity index (χ4v) is 4.27. The molecular formula is C17H14N4O5S2. The number of benzene rings is 2. The van der Waals surface area contributed by atoms with E-state index in [9.17, 15) is 23.3 Å². The summed E-state index contributed by atoms with van der Waals surface area (Å²) in [6, 6.07) is 9.83. The molecule has 9 nitrogen and oxygen atoms in total. The lowest BCUT2D eigenvalue weighted by atomic mass is 10.2. The summed E-state index contributed by atoms with van der Waals surface area (Å²) in [7, 11) is -3.89. The summed E-state index contributed by atoms with van der Waals surface area (Å²) in [4.78, 5) is 27.3. The molecule has 1 aromatic heterocycles. The molecule has 2 N–H and O–H groups in total. The van der Waals surface area contributed by atoms with E-state index in [-0.39, 0.29) is 20.9 Å². The van der Waals surface area contributed by atoms with Crippen LogP contribution in [0.2, 0.25) is 0 Å². The summed E-state index contributed by atoms with van der Waals surface area (Å²) < 4.78 is 25.4. The van der Waals surface area contributed by atoms with Crippen LogP contribution in [0.25, 0.3) is 10.2 Å². The van der Waals surface area contributed by atoms with Gasteiger partial charge in [-0.25, -0.2) is 13.6 Å². The molecule has 1 amide bonds. The monoisotopic (exact) mass is 418 g/mol. The number of primary sulfonamides is 1. The Labute approximate surface area is 163 Å². The number of nitro groups is 1. The molecule has 0 fully saturated rings. The zero-order valence-corrected chi connectivity index (χ0v) is 15.9. The van der Waals surface area contributed by atoms with Gasteiger partial charge in [-0.05, 0) is 24.3 Å². The van der Waals surface area contributed by atoms with Gasteiger partial charge in [-0.1, -0.05) is 29.5 Å². The van der Waals surface area contributed by atoms with Crippen LogP contribution in [0.5, 0.6) is 0 Å². The average molecular weight is 418 g/mol. The number of carbonyl (C=O) groups is 1. The van der Waals surface area contributed by atoms with Crippen molar-refractivity contribution in [2.24, 2.45) is 10.1 Å². The number of sulfonamides is 1. The van der Waals surface area contributed by atoms with Crippen LogP contribution in [0.15, 0.2) is 65.0 Å². The van der Waals surface area contributed by atoms with Crippen molar-refractivity contribution in [2.45, 2.75) is 11.4 Å². The summed E-state index contributed by atoms with van der Waals surface area (Å²) in [5.41, 5.74) is 0.149. The first-order valence-corrected chi connectivity index (χ1v) is 10.2. The number of hydrogen-bond donors (Lipinski definition) is 1. The molecule has 11 heteroatoms. The number of allylic oxidation sites excluding steroid dienone is 1. The molecule has 0 aliphatic heterocycles. The van der Waals surface area contributed by atoms with Crippen molar-refractivity contribution in [3.8, 4) is 0 Å². The fourth-order valence-electron chi connectivity index (χ4n) is 2.58. The third-order valence-electron chi connectivity index (χ3n) is 3.82. The Balaban J connectivity index is 2.21. The second-order valence-electron chi connectivity index (χ2n) is 5.65. The van der Waals surface area contributed by atoms with Crippen molar-refractivity contribution in [1.29, 1.82) is 0 Å². The maximum Gasteiger partial charge on any atom is 0.286 e. The van der Waals surface area contributed by atoms with Crippen LogP contribution < -0.4 is 9.94 Å². The number of rotatable bonds is 5. The highest BCUT2D eigenvalue weighted by atomic mass is 32.2. The predicted molar refractivity (Wildman–Crippen MR) is 104 cm³/mol. The predicted octanol–water partition coefficient (Wildman–Crippen LogP) is 2.19. The molecule has 0 bridgehead atoms. The van der Waals surface area contributed by atoms with E-state index in [1.807, 2.05) is 0 Å². The first-order chi connectivity index (χ1) is 13.2. The molecule has 3 aromatic rings. The number of nitro benzene ring substituents is 1. The lowest BCUT2D eigenvalue weighted by molar-refractivity contribution is -0.385. The molecule has 0 atom stereocenters. The first-order valence-electron chi connectivity index (χ1n) is 7.82. The van der Waals surface area contributed by atoms with Crippen LogP contribution in [0, 0.1) is 10.1 Å². The molecule has 28 heavy (non-hydrogen) atoms. The Morgan fingerprint density at radius 1 is 1.32 bits per heavy atom. The zero-order valence-electron chi connectivity index (χ0n) is 14.3. The molecule has 0 saturated heterocycles. The van der Waals surface area contributed by atoms with Crippen LogP contribution in [-0.2, 0) is 16.6 Å². The second-order valence-corrected chi connectivity index (χ2v) is 8.22. The standard InChI is InChI=1S/C17H14N4O5S2/c1-2-9-20-14-8-7-11(28(18,25)26)10-15(14)27-17(20)19-16(22)12-5-3-4-6-13(12)21(23)24/h2-8,10H,1,9H2,(H2,18,25,26). The van der Waals surface area contributed by atoms with Gasteiger partial charge in [-0.3, -0.25) is 14.9 Å². The minimum Gasteiger partial charge on any atom is -0.312 e. The van der Waals surface area contributed by atoms with Crippen molar-refractivity contribution in [3.63, 3.8) is 0 Å². The number of amides is 1. The minimum absolute atomic E-state index is 0.0661. The molecule has 144 valence electrons. The van der Waals surface area contributed by atoms with Gasteiger partial charge in [-0.2, -0.15) is 4.99 Å². The van der Waals surface area contributed by atoms with Crippen molar-refractivity contribution in [2.75, 3.05) is 0 Å². The van der Waals surface area contributed by atoms with E-state index >= 15 is 0 Å².